The Morgan fingerprint density at radius 1 is 1.24 bits per heavy atom. The Morgan fingerprint density at radius 2 is 1.96 bits per heavy atom. The molecular formula is C19H21N3O2S. The highest BCUT2D eigenvalue weighted by atomic mass is 32.2. The van der Waals surface area contributed by atoms with Crippen LogP contribution >= 0.6 is 11.8 Å². The average Bonchev–Trinajstić information content (AvgIpc) is 2.54. The van der Waals surface area contributed by atoms with Gasteiger partial charge in [0.15, 0.2) is 0 Å². The number of carbonyl (C=O) groups is 2. The lowest BCUT2D eigenvalue weighted by Gasteiger charge is -2.23. The maximum atomic E-state index is 12.7. The third-order valence-electron chi connectivity index (χ3n) is 3.72. The molecule has 2 heterocycles. The molecule has 2 aromatic rings. The number of anilines is 2. The fourth-order valence-corrected chi connectivity index (χ4v) is 3.68. The smallest absolute Gasteiger partial charge is 0.232 e. The molecular weight excluding hydrogens is 334 g/mol. The first-order valence-corrected chi connectivity index (χ1v) is 8.98. The van der Waals surface area contributed by atoms with Crippen molar-refractivity contribution in [1.82, 2.24) is 4.98 Å². The largest absolute Gasteiger partial charge is 0.326 e. The number of carbonyl (C=O) groups excluding carboxylic acids is 2. The highest BCUT2D eigenvalue weighted by Crippen LogP contribution is 2.33. The minimum atomic E-state index is -0.527. The van der Waals surface area contributed by atoms with Crippen molar-refractivity contribution < 1.29 is 9.59 Å². The number of thioether (sulfide) groups is 1. The van der Waals surface area contributed by atoms with Crippen LogP contribution in [-0.4, -0.2) is 21.5 Å². The summed E-state index contributed by atoms with van der Waals surface area (Å²) < 4.78 is 0.136. The van der Waals surface area contributed by atoms with Crippen LogP contribution in [-0.2, 0) is 9.59 Å². The standard InChI is InChI=1S/C19H21N3O2S/c1-19(2,3)25-13-8-6-12(7-9-13)21-18(24)15-11-16(23)22-17-14(15)5-4-10-20-17/h4-10,15H,11H2,1-3H3,(H,21,24)(H,20,22,23). The van der Waals surface area contributed by atoms with Crippen molar-refractivity contribution in [3.63, 3.8) is 0 Å². The number of nitrogens with zero attached hydrogens (tertiary/aromatic N) is 1. The van der Waals surface area contributed by atoms with Crippen LogP contribution < -0.4 is 10.6 Å². The summed E-state index contributed by atoms with van der Waals surface area (Å²) in [6.45, 7) is 6.48. The molecule has 3 rings (SSSR count). The topological polar surface area (TPSA) is 71.1 Å². The number of hydrogen-bond donors (Lipinski definition) is 2. The highest BCUT2D eigenvalue weighted by Gasteiger charge is 2.31. The molecule has 25 heavy (non-hydrogen) atoms. The summed E-state index contributed by atoms with van der Waals surface area (Å²) in [7, 11) is 0. The van der Waals surface area contributed by atoms with Crippen molar-refractivity contribution in [2.75, 3.05) is 10.6 Å². The third-order valence-corrected chi connectivity index (χ3v) is 4.84. The lowest BCUT2D eigenvalue weighted by atomic mass is 9.92. The van der Waals surface area contributed by atoms with Gasteiger partial charge in [0.1, 0.15) is 5.82 Å². The number of benzene rings is 1. The molecule has 1 aromatic carbocycles. The fraction of sp³-hybridized carbons (Fsp3) is 0.316. The maximum absolute atomic E-state index is 12.7. The summed E-state index contributed by atoms with van der Waals surface area (Å²) in [6.07, 6.45) is 1.73. The van der Waals surface area contributed by atoms with E-state index in [1.807, 2.05) is 30.3 Å². The zero-order valence-electron chi connectivity index (χ0n) is 14.5. The number of nitrogens with one attached hydrogen (secondary N) is 2. The summed E-state index contributed by atoms with van der Waals surface area (Å²) in [5.41, 5.74) is 1.47. The van der Waals surface area contributed by atoms with Gasteiger partial charge in [-0.25, -0.2) is 4.98 Å². The summed E-state index contributed by atoms with van der Waals surface area (Å²) in [5, 5.41) is 5.61. The van der Waals surface area contributed by atoms with Crippen LogP contribution in [0.4, 0.5) is 11.5 Å². The number of rotatable bonds is 3. The summed E-state index contributed by atoms with van der Waals surface area (Å²) in [4.78, 5) is 29.8. The number of fused-ring (bicyclic) bond motifs is 1. The molecule has 6 heteroatoms. The molecule has 1 atom stereocenters. The first-order valence-electron chi connectivity index (χ1n) is 8.16. The van der Waals surface area contributed by atoms with Gasteiger partial charge in [0, 0.05) is 33.5 Å². The van der Waals surface area contributed by atoms with Gasteiger partial charge in [0.2, 0.25) is 11.8 Å². The molecule has 1 aliphatic rings. The molecule has 0 radical (unpaired) electrons. The monoisotopic (exact) mass is 355 g/mol. The van der Waals surface area contributed by atoms with Gasteiger partial charge < -0.3 is 10.6 Å². The number of amides is 2. The second kappa shape index (κ2) is 6.88. The van der Waals surface area contributed by atoms with Crippen LogP contribution in [0.5, 0.6) is 0 Å². The summed E-state index contributed by atoms with van der Waals surface area (Å²) in [5.74, 6) is -0.444. The SMILES string of the molecule is CC(C)(C)Sc1ccc(NC(=O)C2CC(=O)Nc3ncccc32)cc1. The molecule has 2 N–H and O–H groups in total. The predicted octanol–water partition coefficient (Wildman–Crippen LogP) is 4.04. The van der Waals surface area contributed by atoms with Crippen molar-refractivity contribution in [3.05, 3.63) is 48.2 Å². The molecule has 1 aromatic heterocycles. The predicted molar refractivity (Wildman–Crippen MR) is 101 cm³/mol. The van der Waals surface area contributed by atoms with Crippen molar-refractivity contribution in [2.24, 2.45) is 0 Å². The minimum absolute atomic E-state index is 0.127. The van der Waals surface area contributed by atoms with E-state index in [-0.39, 0.29) is 23.0 Å². The molecule has 5 nitrogen and oxygen atoms in total. The first-order chi connectivity index (χ1) is 11.8. The number of pyridine rings is 1. The Labute approximate surface area is 151 Å². The molecule has 0 bridgehead atoms. The van der Waals surface area contributed by atoms with Crippen LogP contribution in [0.15, 0.2) is 47.5 Å². The first kappa shape index (κ1) is 17.5. The van der Waals surface area contributed by atoms with Crippen LogP contribution in [0.1, 0.15) is 38.7 Å². The van der Waals surface area contributed by atoms with Gasteiger partial charge in [0.25, 0.3) is 0 Å². The lowest BCUT2D eigenvalue weighted by Crippen LogP contribution is -2.31. The zero-order chi connectivity index (χ0) is 18.0. The minimum Gasteiger partial charge on any atom is -0.326 e. The summed E-state index contributed by atoms with van der Waals surface area (Å²) >= 11 is 1.77. The molecule has 2 amide bonds. The Morgan fingerprint density at radius 3 is 2.64 bits per heavy atom. The molecule has 1 aliphatic heterocycles. The second-order valence-corrected chi connectivity index (χ2v) is 8.87. The van der Waals surface area contributed by atoms with Crippen molar-refractivity contribution in [1.29, 1.82) is 0 Å². The van der Waals surface area contributed by atoms with Crippen LogP contribution in [0.2, 0.25) is 0 Å². The van der Waals surface area contributed by atoms with E-state index in [2.05, 4.69) is 36.4 Å². The number of aromatic nitrogens is 1. The van der Waals surface area contributed by atoms with Gasteiger partial charge in [-0.15, -0.1) is 11.8 Å². The van der Waals surface area contributed by atoms with Crippen LogP contribution in [0, 0.1) is 0 Å². The van der Waals surface area contributed by atoms with Gasteiger partial charge in [-0.2, -0.15) is 0 Å². The summed E-state index contributed by atoms with van der Waals surface area (Å²) in [6, 6.07) is 11.4. The van der Waals surface area contributed by atoms with Crippen molar-refractivity contribution in [3.8, 4) is 0 Å². The van der Waals surface area contributed by atoms with E-state index in [0.717, 1.165) is 16.1 Å². The van der Waals surface area contributed by atoms with E-state index in [0.29, 0.717) is 5.82 Å². The fourth-order valence-electron chi connectivity index (χ4n) is 2.70. The normalized spacial score (nSPS) is 16.8. The van der Waals surface area contributed by atoms with Gasteiger partial charge in [-0.05, 0) is 30.3 Å². The van der Waals surface area contributed by atoms with Gasteiger partial charge in [-0.1, -0.05) is 26.8 Å². The molecule has 0 spiro atoms. The molecule has 0 aliphatic carbocycles. The molecule has 0 saturated carbocycles. The molecule has 0 fully saturated rings. The van der Waals surface area contributed by atoms with Crippen LogP contribution in [0.3, 0.4) is 0 Å². The van der Waals surface area contributed by atoms with Gasteiger partial charge in [-0.3, -0.25) is 9.59 Å². The van der Waals surface area contributed by atoms with E-state index < -0.39 is 5.92 Å². The van der Waals surface area contributed by atoms with Crippen molar-refractivity contribution >= 4 is 35.1 Å². The zero-order valence-corrected chi connectivity index (χ0v) is 15.3. The van der Waals surface area contributed by atoms with Crippen LogP contribution in [0.25, 0.3) is 0 Å². The van der Waals surface area contributed by atoms with Crippen molar-refractivity contribution in [2.45, 2.75) is 42.8 Å². The highest BCUT2D eigenvalue weighted by molar-refractivity contribution is 8.00. The second-order valence-electron chi connectivity index (χ2n) is 6.97. The van der Waals surface area contributed by atoms with E-state index in [1.54, 1.807) is 24.0 Å². The Balaban J connectivity index is 1.73. The van der Waals surface area contributed by atoms with Gasteiger partial charge >= 0.3 is 0 Å². The Bertz CT molecular complexity index is 797. The average molecular weight is 355 g/mol. The van der Waals surface area contributed by atoms with E-state index in [9.17, 15) is 9.59 Å². The molecule has 0 saturated heterocycles. The third kappa shape index (κ3) is 4.39. The number of hydrogen-bond acceptors (Lipinski definition) is 4. The lowest BCUT2D eigenvalue weighted by molar-refractivity contribution is -0.123. The maximum Gasteiger partial charge on any atom is 0.232 e. The van der Waals surface area contributed by atoms with Gasteiger partial charge in [0.05, 0.1) is 5.92 Å². The van der Waals surface area contributed by atoms with E-state index >= 15 is 0 Å². The Hall–Kier alpha value is -2.34. The quantitative estimate of drug-likeness (QED) is 0.815. The molecule has 1 unspecified atom stereocenters. The Kier molecular flexibility index (Phi) is 4.81. The van der Waals surface area contributed by atoms with E-state index in [4.69, 9.17) is 0 Å². The van der Waals surface area contributed by atoms with E-state index in [1.165, 1.54) is 0 Å². The molecule has 130 valence electrons.